The molecule has 0 aromatic heterocycles. The Morgan fingerprint density at radius 3 is 1.80 bits per heavy atom. The van der Waals surface area contributed by atoms with Crippen LogP contribution < -0.4 is 5.19 Å². The van der Waals surface area contributed by atoms with E-state index in [1.165, 1.54) is 0 Å². The maximum absolute atomic E-state index is 2.30. The average molecular weight is 156 g/mol. The van der Waals surface area contributed by atoms with Gasteiger partial charge in [0.15, 0.2) is 0 Å². The standard InChI is InChI=1S/C6H9BSi.2H2O/c7-8-6-4-2-1-3-5-6;;/h1-5H,7-8H2;2*1H2. The van der Waals surface area contributed by atoms with Gasteiger partial charge >= 0.3 is 0 Å². The van der Waals surface area contributed by atoms with E-state index in [9.17, 15) is 0 Å². The highest BCUT2D eigenvalue weighted by Crippen LogP contribution is 1.78. The van der Waals surface area contributed by atoms with Gasteiger partial charge in [0.1, 0.15) is 0 Å². The minimum atomic E-state index is 0. The number of hydrogen-bond donors (Lipinski definition) is 0. The summed E-state index contributed by atoms with van der Waals surface area (Å²) in [4.78, 5) is 0. The first-order valence-electron chi connectivity index (χ1n) is 2.97. The summed E-state index contributed by atoms with van der Waals surface area (Å²) >= 11 is 0. The van der Waals surface area contributed by atoms with Gasteiger partial charge < -0.3 is 11.0 Å². The van der Waals surface area contributed by atoms with E-state index in [2.05, 4.69) is 37.8 Å². The Hall–Kier alpha value is -0.578. The van der Waals surface area contributed by atoms with Crippen LogP contribution in [0.15, 0.2) is 30.3 Å². The van der Waals surface area contributed by atoms with Crippen molar-refractivity contribution in [3.63, 3.8) is 0 Å². The van der Waals surface area contributed by atoms with Crippen LogP contribution in [0.4, 0.5) is 0 Å². The summed E-state index contributed by atoms with van der Waals surface area (Å²) in [5.41, 5.74) is 0. The summed E-state index contributed by atoms with van der Waals surface area (Å²) in [6.07, 6.45) is 0. The first-order chi connectivity index (χ1) is 3.93. The summed E-state index contributed by atoms with van der Waals surface area (Å²) in [6.45, 7) is 0. The van der Waals surface area contributed by atoms with Crippen LogP contribution in [0, 0.1) is 0 Å². The molecule has 0 heterocycles. The summed E-state index contributed by atoms with van der Waals surface area (Å²) in [5, 5.41) is 1.55. The van der Waals surface area contributed by atoms with Crippen molar-refractivity contribution < 1.29 is 11.0 Å². The zero-order valence-electron chi connectivity index (χ0n) is 6.09. The largest absolute Gasteiger partial charge is 0.412 e. The Morgan fingerprint density at radius 2 is 1.50 bits per heavy atom. The molecule has 4 heteroatoms. The van der Waals surface area contributed by atoms with E-state index in [0.717, 1.165) is 0 Å². The molecule has 0 radical (unpaired) electrons. The van der Waals surface area contributed by atoms with E-state index in [-0.39, 0.29) is 20.3 Å². The van der Waals surface area contributed by atoms with E-state index >= 15 is 0 Å². The van der Waals surface area contributed by atoms with Crippen LogP contribution in [0.1, 0.15) is 0 Å². The first-order valence-corrected chi connectivity index (χ1v) is 5.09. The van der Waals surface area contributed by atoms with Gasteiger partial charge in [0.05, 0.1) is 7.44 Å². The second-order valence-corrected chi connectivity index (χ2v) is 3.36. The molecule has 0 fully saturated rings. The Bertz CT molecular complexity index is 157. The Labute approximate surface area is 64.1 Å². The smallest absolute Gasteiger partial charge is 0.0948 e. The lowest BCUT2D eigenvalue weighted by Gasteiger charge is -1.89. The molecule has 0 aliphatic rings. The SMILES string of the molecule is B[SiH2]c1ccccc1.O.O. The lowest BCUT2D eigenvalue weighted by molar-refractivity contribution is 0.823. The topological polar surface area (TPSA) is 63.0 Å². The third kappa shape index (κ3) is 3.45. The molecule has 1 aromatic rings. The summed E-state index contributed by atoms with van der Waals surface area (Å²) in [5.74, 6) is 0. The highest BCUT2D eigenvalue weighted by atomic mass is 28.2. The van der Waals surface area contributed by atoms with Gasteiger partial charge in [-0.2, -0.15) is 0 Å². The van der Waals surface area contributed by atoms with E-state index in [1.54, 1.807) is 5.19 Å². The molecule has 0 spiro atoms. The maximum atomic E-state index is 2.30. The van der Waals surface area contributed by atoms with Crippen molar-refractivity contribution in [2.24, 2.45) is 0 Å². The van der Waals surface area contributed by atoms with Gasteiger partial charge in [-0.25, -0.2) is 0 Å². The maximum Gasteiger partial charge on any atom is 0.0948 e. The molecule has 0 saturated heterocycles. The average Bonchev–Trinajstić information content (AvgIpc) is 1.90. The van der Waals surface area contributed by atoms with Gasteiger partial charge in [-0.15, -0.1) is 0 Å². The highest BCUT2D eigenvalue weighted by molar-refractivity contribution is 6.97. The molecule has 0 saturated carbocycles. The third-order valence-corrected chi connectivity index (χ3v) is 2.54. The molecule has 4 N–H and O–H groups in total. The molecule has 0 unspecified atom stereocenters. The third-order valence-electron chi connectivity index (χ3n) is 1.25. The van der Waals surface area contributed by atoms with Crippen molar-refractivity contribution in [1.82, 2.24) is 0 Å². The van der Waals surface area contributed by atoms with Gasteiger partial charge in [-0.3, -0.25) is 0 Å². The molecule has 2 nitrogen and oxygen atoms in total. The fraction of sp³-hybridized carbons (Fsp3) is 0. The number of rotatable bonds is 1. The summed E-state index contributed by atoms with van der Waals surface area (Å²) in [6, 6.07) is 10.7. The molecule has 0 amide bonds. The van der Waals surface area contributed by atoms with Crippen LogP contribution in [-0.4, -0.2) is 27.8 Å². The molecule has 56 valence electrons. The van der Waals surface area contributed by atoms with Crippen LogP contribution in [0.2, 0.25) is 0 Å². The molecular formula is C6H13BO2Si. The van der Waals surface area contributed by atoms with Gasteiger partial charge in [0.25, 0.3) is 0 Å². The lowest BCUT2D eigenvalue weighted by Crippen LogP contribution is -2.12. The quantitative estimate of drug-likeness (QED) is 0.399. The second-order valence-electron chi connectivity index (χ2n) is 1.84. The number of benzene rings is 1. The van der Waals surface area contributed by atoms with Gasteiger partial charge in [0, 0.05) is 9.39 Å². The Morgan fingerprint density at radius 1 is 1.00 bits per heavy atom. The zero-order chi connectivity index (χ0) is 5.82. The minimum absolute atomic E-state index is 0. The molecule has 10 heavy (non-hydrogen) atoms. The fourth-order valence-corrected chi connectivity index (χ4v) is 1.46. The molecule has 0 aliphatic heterocycles. The summed E-state index contributed by atoms with van der Waals surface area (Å²) in [7, 11) is 2.39. The van der Waals surface area contributed by atoms with Crippen molar-refractivity contribution >= 4 is 22.0 Å². The number of hydrogen-bond acceptors (Lipinski definition) is 0. The van der Waals surface area contributed by atoms with E-state index in [1.807, 2.05) is 0 Å². The van der Waals surface area contributed by atoms with E-state index in [4.69, 9.17) is 0 Å². The van der Waals surface area contributed by atoms with Crippen LogP contribution in [-0.2, 0) is 0 Å². The highest BCUT2D eigenvalue weighted by Gasteiger charge is 1.80. The van der Waals surface area contributed by atoms with Crippen molar-refractivity contribution in [3.8, 4) is 0 Å². The first kappa shape index (κ1) is 12.1. The van der Waals surface area contributed by atoms with Crippen molar-refractivity contribution in [3.05, 3.63) is 30.3 Å². The predicted octanol–water partition coefficient (Wildman–Crippen LogP) is -2.62. The molecular weight excluding hydrogens is 143 g/mol. The molecule has 0 aliphatic carbocycles. The van der Waals surface area contributed by atoms with Crippen LogP contribution >= 0.6 is 0 Å². The van der Waals surface area contributed by atoms with Gasteiger partial charge in [0.2, 0.25) is 0 Å². The van der Waals surface area contributed by atoms with Gasteiger partial charge in [-0.05, 0) is 0 Å². The predicted molar refractivity (Wildman–Crippen MR) is 50.4 cm³/mol. The van der Waals surface area contributed by atoms with Gasteiger partial charge in [-0.1, -0.05) is 35.5 Å². The van der Waals surface area contributed by atoms with Crippen LogP contribution in [0.3, 0.4) is 0 Å². The summed E-state index contributed by atoms with van der Waals surface area (Å²) < 4.78 is 0. The monoisotopic (exact) mass is 156 g/mol. The second kappa shape index (κ2) is 6.54. The molecule has 0 atom stereocenters. The van der Waals surface area contributed by atoms with Crippen molar-refractivity contribution in [1.29, 1.82) is 0 Å². The fourth-order valence-electron chi connectivity index (χ4n) is 0.714. The zero-order valence-corrected chi connectivity index (χ0v) is 7.51. The normalized spacial score (nSPS) is 8.40. The van der Waals surface area contributed by atoms with E-state index in [0.29, 0.717) is 0 Å². The lowest BCUT2D eigenvalue weighted by atomic mass is 10.4. The molecule has 0 bridgehead atoms. The van der Waals surface area contributed by atoms with Crippen LogP contribution in [0.5, 0.6) is 0 Å². The van der Waals surface area contributed by atoms with Crippen molar-refractivity contribution in [2.45, 2.75) is 0 Å². The van der Waals surface area contributed by atoms with E-state index < -0.39 is 0 Å². The molecule has 1 aromatic carbocycles. The minimum Gasteiger partial charge on any atom is -0.412 e. The molecule has 1 rings (SSSR count). The van der Waals surface area contributed by atoms with Crippen molar-refractivity contribution in [2.75, 3.05) is 0 Å². The Balaban J connectivity index is 0. The Kier molecular flexibility index (Phi) is 7.93. The van der Waals surface area contributed by atoms with Crippen LogP contribution in [0.25, 0.3) is 0 Å².